The number of alkyl halides is 2. The number of aliphatic hydroxyl groups excluding tert-OH is 2. The Morgan fingerprint density at radius 1 is 1.14 bits per heavy atom. The number of aryl methyl sites for hydroxylation is 3. The third kappa shape index (κ3) is 3.95. The maximum Gasteiger partial charge on any atom is 0.194 e. The zero-order chi connectivity index (χ0) is 31.2. The molecule has 1 aliphatic heterocycles. The van der Waals surface area contributed by atoms with Crippen LogP contribution in [0.3, 0.4) is 0 Å². The highest BCUT2D eigenvalue weighted by molar-refractivity contribution is 7.12. The lowest BCUT2D eigenvalue weighted by atomic mass is 9.44. The van der Waals surface area contributed by atoms with Crippen LogP contribution >= 0.6 is 11.3 Å². The lowest BCUT2D eigenvalue weighted by molar-refractivity contribution is -0.234. The van der Waals surface area contributed by atoms with Crippen LogP contribution < -0.4 is 0 Å². The fourth-order valence-electron chi connectivity index (χ4n) is 9.48. The summed E-state index contributed by atoms with van der Waals surface area (Å²) >= 11 is 1.54. The molecule has 0 radical (unpaired) electrons. The SMILES string of the molecule is Cc1cccc(CCc2ccc([C@@H]3O[C@@H]4C[C@H]5[C@@H]6C[C@H](F)C7=CC(=O)C=C[C@]7(C)[C@@]6(F)[C@@H](O)C[C@]5(C)[C@]4(C(=O)CO)O3)s2)c1. The maximum absolute atomic E-state index is 17.6. The third-order valence-electron chi connectivity index (χ3n) is 11.6. The number of Topliss-reactive ketones (excluding diaryl/α,β-unsaturated/α-hetero) is 1. The summed E-state index contributed by atoms with van der Waals surface area (Å²) in [7, 11) is 0. The van der Waals surface area contributed by atoms with Gasteiger partial charge in [0.05, 0.1) is 17.1 Å². The van der Waals surface area contributed by atoms with Gasteiger partial charge in [0.15, 0.2) is 29.1 Å². The Morgan fingerprint density at radius 2 is 1.93 bits per heavy atom. The number of hydrogen-bond acceptors (Lipinski definition) is 7. The number of aliphatic hydroxyl groups is 2. The highest BCUT2D eigenvalue weighted by Gasteiger charge is 2.80. The molecule has 7 rings (SSSR count). The Morgan fingerprint density at radius 3 is 2.68 bits per heavy atom. The van der Waals surface area contributed by atoms with Crippen LogP contribution in [0.4, 0.5) is 8.78 Å². The normalized spacial score (nSPS) is 42.3. The first-order valence-corrected chi connectivity index (χ1v) is 16.3. The first kappa shape index (κ1) is 30.1. The minimum absolute atomic E-state index is 0.0502. The minimum atomic E-state index is -2.27. The topological polar surface area (TPSA) is 93.1 Å². The summed E-state index contributed by atoms with van der Waals surface area (Å²) in [6.45, 7) is 4.61. The second kappa shape index (κ2) is 10.2. The summed E-state index contributed by atoms with van der Waals surface area (Å²) in [5.41, 5.74) is -4.05. The number of fused-ring (bicyclic) bond motifs is 7. The van der Waals surface area contributed by atoms with Crippen LogP contribution in [-0.4, -0.2) is 58.0 Å². The van der Waals surface area contributed by atoms with Gasteiger partial charge in [-0.05, 0) is 87.3 Å². The average Bonchev–Trinajstić information content (AvgIpc) is 3.67. The molecule has 3 saturated carbocycles. The molecule has 1 saturated heterocycles. The largest absolute Gasteiger partial charge is 0.390 e. The molecule has 10 atom stereocenters. The van der Waals surface area contributed by atoms with Crippen LogP contribution in [0.1, 0.15) is 60.3 Å². The average molecular weight is 625 g/mol. The molecule has 0 amide bonds. The summed E-state index contributed by atoms with van der Waals surface area (Å²) in [5, 5.41) is 21.9. The molecule has 6 nitrogen and oxygen atoms in total. The van der Waals surface area contributed by atoms with Gasteiger partial charge in [0, 0.05) is 21.6 Å². The van der Waals surface area contributed by atoms with E-state index in [1.807, 2.05) is 18.2 Å². The highest BCUT2D eigenvalue weighted by atomic mass is 32.1. The van der Waals surface area contributed by atoms with Crippen molar-refractivity contribution in [2.24, 2.45) is 22.7 Å². The summed E-state index contributed by atoms with van der Waals surface area (Å²) in [6, 6.07) is 12.4. The second-order valence-electron chi connectivity index (χ2n) is 13.8. The molecule has 2 aromatic rings. The molecule has 44 heavy (non-hydrogen) atoms. The smallest absolute Gasteiger partial charge is 0.194 e. The number of allylic oxidation sites excluding steroid dienone is 4. The Bertz CT molecular complexity index is 1580. The van der Waals surface area contributed by atoms with Gasteiger partial charge in [0.2, 0.25) is 0 Å². The summed E-state index contributed by atoms with van der Waals surface area (Å²) in [4.78, 5) is 27.8. The molecule has 2 N–H and O–H groups in total. The predicted octanol–water partition coefficient (Wildman–Crippen LogP) is 5.48. The number of thiophene rings is 1. The molecule has 0 unspecified atom stereocenters. The van der Waals surface area contributed by atoms with E-state index in [1.54, 1.807) is 25.2 Å². The van der Waals surface area contributed by atoms with Crippen molar-refractivity contribution in [3.63, 3.8) is 0 Å². The number of hydrogen-bond donors (Lipinski definition) is 2. The Balaban J connectivity index is 1.19. The lowest BCUT2D eigenvalue weighted by Gasteiger charge is -2.63. The van der Waals surface area contributed by atoms with Crippen molar-refractivity contribution < 1.29 is 38.1 Å². The third-order valence-corrected chi connectivity index (χ3v) is 12.8. The first-order chi connectivity index (χ1) is 20.9. The van der Waals surface area contributed by atoms with E-state index in [4.69, 9.17) is 9.47 Å². The summed E-state index contributed by atoms with van der Waals surface area (Å²) < 4.78 is 46.4. The molecule has 5 aliphatic rings. The monoisotopic (exact) mass is 624 g/mol. The molecule has 1 aromatic heterocycles. The standard InChI is InChI=1S/C35H38F2O6S/c1-19-5-4-6-20(13-19)7-8-22-9-10-27(44-22)31-42-30-16-23-24-15-26(36)25-14-21(39)11-12-32(25,2)34(24,37)28(40)17-33(23,3)35(30,43-31)29(41)18-38/h4-6,9-14,23-24,26,28,30-31,38,40H,7-8,15-18H2,1-3H3/t23-,24-,26-,28-,30+,31+,32-,33-,34-,35+/m0/s1. The Kier molecular flexibility index (Phi) is 7.00. The zero-order valence-corrected chi connectivity index (χ0v) is 25.9. The van der Waals surface area contributed by atoms with Crippen LogP contribution in [0.5, 0.6) is 0 Å². The molecular weight excluding hydrogens is 586 g/mol. The van der Waals surface area contributed by atoms with E-state index in [-0.39, 0.29) is 24.8 Å². The molecule has 234 valence electrons. The van der Waals surface area contributed by atoms with E-state index in [0.29, 0.717) is 0 Å². The number of carbonyl (C=O) groups is 2. The van der Waals surface area contributed by atoms with Crippen molar-refractivity contribution in [1.82, 2.24) is 0 Å². The van der Waals surface area contributed by atoms with Gasteiger partial charge in [0.1, 0.15) is 12.8 Å². The Hall–Kier alpha value is -2.56. The van der Waals surface area contributed by atoms with Crippen molar-refractivity contribution in [2.75, 3.05) is 6.61 Å². The number of ketones is 2. The number of ether oxygens (including phenoxy) is 2. The van der Waals surface area contributed by atoms with Crippen molar-refractivity contribution in [3.8, 4) is 0 Å². The fraction of sp³-hybridized carbons (Fsp3) is 0.543. The maximum atomic E-state index is 17.6. The second-order valence-corrected chi connectivity index (χ2v) is 15.0. The van der Waals surface area contributed by atoms with Gasteiger partial charge in [-0.1, -0.05) is 42.8 Å². The van der Waals surface area contributed by atoms with Gasteiger partial charge < -0.3 is 19.7 Å². The minimum Gasteiger partial charge on any atom is -0.390 e. The van der Waals surface area contributed by atoms with E-state index >= 15 is 8.78 Å². The van der Waals surface area contributed by atoms with Crippen LogP contribution in [0.25, 0.3) is 0 Å². The first-order valence-electron chi connectivity index (χ1n) is 15.5. The molecule has 9 heteroatoms. The predicted molar refractivity (Wildman–Crippen MR) is 160 cm³/mol. The van der Waals surface area contributed by atoms with E-state index in [9.17, 15) is 19.8 Å². The number of halogens is 2. The van der Waals surface area contributed by atoms with E-state index in [1.165, 1.54) is 23.3 Å². The van der Waals surface area contributed by atoms with E-state index in [2.05, 4.69) is 25.1 Å². The molecule has 0 bridgehead atoms. The van der Waals surface area contributed by atoms with Crippen molar-refractivity contribution in [3.05, 3.63) is 81.1 Å². The van der Waals surface area contributed by atoms with Crippen LogP contribution in [0.2, 0.25) is 0 Å². The van der Waals surface area contributed by atoms with E-state index < -0.39 is 76.8 Å². The van der Waals surface area contributed by atoms with Gasteiger partial charge in [-0.25, -0.2) is 8.78 Å². The van der Waals surface area contributed by atoms with Crippen LogP contribution in [-0.2, 0) is 31.9 Å². The van der Waals surface area contributed by atoms with Gasteiger partial charge in [0.25, 0.3) is 0 Å². The van der Waals surface area contributed by atoms with E-state index in [0.717, 1.165) is 28.7 Å². The molecule has 1 aromatic carbocycles. The number of carbonyl (C=O) groups excluding carboxylic acids is 2. The quantitative estimate of drug-likeness (QED) is 0.442. The number of rotatable bonds is 6. The zero-order valence-electron chi connectivity index (χ0n) is 25.1. The summed E-state index contributed by atoms with van der Waals surface area (Å²) in [5.74, 6) is -2.53. The molecule has 4 fully saturated rings. The van der Waals surface area contributed by atoms with Crippen molar-refractivity contribution in [2.45, 2.75) is 88.8 Å². The molecule has 2 heterocycles. The fourth-order valence-corrected chi connectivity index (χ4v) is 10.5. The Labute approximate surface area is 259 Å². The van der Waals surface area contributed by atoms with Gasteiger partial charge in [-0.3, -0.25) is 9.59 Å². The molecule has 4 aliphatic carbocycles. The molecule has 0 spiro atoms. The highest BCUT2D eigenvalue weighted by Crippen LogP contribution is 2.72. The van der Waals surface area contributed by atoms with Crippen molar-refractivity contribution >= 4 is 22.9 Å². The number of benzene rings is 1. The van der Waals surface area contributed by atoms with Gasteiger partial charge in [-0.15, -0.1) is 11.3 Å². The van der Waals surface area contributed by atoms with Crippen molar-refractivity contribution in [1.29, 1.82) is 0 Å². The van der Waals surface area contributed by atoms with Gasteiger partial charge in [-0.2, -0.15) is 0 Å². The van der Waals surface area contributed by atoms with Crippen LogP contribution in [0, 0.1) is 29.6 Å². The molecular formula is C35H38F2O6S. The van der Waals surface area contributed by atoms with Gasteiger partial charge >= 0.3 is 0 Å². The van der Waals surface area contributed by atoms with Crippen LogP contribution in [0.15, 0.2) is 60.2 Å². The lowest BCUT2D eigenvalue weighted by Crippen LogP contribution is -2.70. The summed E-state index contributed by atoms with van der Waals surface area (Å²) in [6.07, 6.45) is 0.535.